The molecule has 1 aliphatic rings. The molecule has 0 saturated heterocycles. The van der Waals surface area contributed by atoms with Crippen LogP contribution in [0.3, 0.4) is 0 Å². The van der Waals surface area contributed by atoms with Crippen molar-refractivity contribution in [1.82, 2.24) is 0 Å². The molecule has 0 spiro atoms. The summed E-state index contributed by atoms with van der Waals surface area (Å²) in [6.45, 7) is 0. The molecule has 4 nitrogen and oxygen atoms in total. The van der Waals surface area contributed by atoms with Gasteiger partial charge in [0.1, 0.15) is 17.8 Å². The van der Waals surface area contributed by atoms with Gasteiger partial charge in [0.05, 0.1) is 11.7 Å². The third-order valence-corrected chi connectivity index (χ3v) is 5.62. The molecule has 0 fully saturated rings. The van der Waals surface area contributed by atoms with Crippen LogP contribution in [0.4, 0.5) is 0 Å². The van der Waals surface area contributed by atoms with E-state index in [2.05, 4.69) is 0 Å². The van der Waals surface area contributed by atoms with Gasteiger partial charge in [-0.1, -0.05) is 66.2 Å². The number of para-hydroxylation sites is 1. The number of fused-ring (bicyclic) bond motifs is 1. The number of benzene rings is 3. The molecule has 1 heterocycles. The molecule has 1 N–H and O–H groups in total. The highest BCUT2D eigenvalue weighted by atomic mass is 35.5. The van der Waals surface area contributed by atoms with Crippen LogP contribution in [0.15, 0.2) is 72.8 Å². The van der Waals surface area contributed by atoms with Crippen molar-refractivity contribution in [3.63, 3.8) is 0 Å². The molecule has 6 heteroatoms. The third-order valence-electron chi connectivity index (χ3n) is 4.80. The van der Waals surface area contributed by atoms with E-state index < -0.39 is 17.0 Å². The molecule has 3 aromatic rings. The fourth-order valence-electron chi connectivity index (χ4n) is 3.51. The Labute approximate surface area is 176 Å². The summed E-state index contributed by atoms with van der Waals surface area (Å²) >= 11 is 4.31. The number of hydrogen-bond donors (Lipinski definition) is 1. The van der Waals surface area contributed by atoms with Crippen molar-refractivity contribution in [3.05, 3.63) is 100 Å². The van der Waals surface area contributed by atoms with E-state index >= 15 is 0 Å². The molecule has 2 unspecified atom stereocenters. The van der Waals surface area contributed by atoms with Crippen molar-refractivity contribution in [2.24, 2.45) is 0 Å². The number of rotatable bonds is 5. The molecule has 0 aromatic heterocycles. The van der Waals surface area contributed by atoms with Crippen molar-refractivity contribution in [2.75, 3.05) is 0 Å². The summed E-state index contributed by atoms with van der Waals surface area (Å²) in [5, 5.41) is 0.568. The van der Waals surface area contributed by atoms with E-state index in [0.717, 1.165) is 34.1 Å². The zero-order valence-corrected chi connectivity index (χ0v) is 16.8. The predicted octanol–water partition coefficient (Wildman–Crippen LogP) is 5.31. The van der Waals surface area contributed by atoms with Crippen LogP contribution >= 0.6 is 11.6 Å². The van der Waals surface area contributed by atoms with Crippen molar-refractivity contribution in [3.8, 4) is 5.75 Å². The van der Waals surface area contributed by atoms with Crippen molar-refractivity contribution in [1.29, 1.82) is 0 Å². The van der Waals surface area contributed by atoms with E-state index in [-0.39, 0.29) is 5.75 Å². The van der Waals surface area contributed by atoms with Gasteiger partial charge in [-0.05, 0) is 29.3 Å². The van der Waals surface area contributed by atoms with Crippen LogP contribution in [0, 0.1) is 0 Å². The zero-order valence-electron chi connectivity index (χ0n) is 15.2. The van der Waals surface area contributed by atoms with Gasteiger partial charge in [0.15, 0.2) is 11.1 Å². The molecule has 4 rings (SSSR count). The number of carbonyl (C=O) groups is 1. The Morgan fingerprint density at radius 2 is 1.76 bits per heavy atom. The summed E-state index contributed by atoms with van der Waals surface area (Å²) in [6, 6.07) is 22.0. The molecular formula is C23H17ClO4S. The number of ether oxygens (including phenoxy) is 1. The standard InChI is InChI=1S/C23H17ClO4S/c24-18-5-3-4-17(12-18)22-20(13-25)19-6-1-2-7-21(19)28-23(22)16-10-8-15(9-11-16)14-29(26)27/h1-13,20H,14H2,(H,26,27). The van der Waals surface area contributed by atoms with E-state index in [1.165, 1.54) is 0 Å². The Morgan fingerprint density at radius 1 is 1.00 bits per heavy atom. The van der Waals surface area contributed by atoms with Crippen molar-refractivity contribution < 1.29 is 18.3 Å². The Hall–Kier alpha value is -2.73. The quantitative estimate of drug-likeness (QED) is 0.445. The van der Waals surface area contributed by atoms with Gasteiger partial charge in [-0.25, -0.2) is 4.21 Å². The average Bonchev–Trinajstić information content (AvgIpc) is 2.72. The van der Waals surface area contributed by atoms with Gasteiger partial charge in [-0.15, -0.1) is 0 Å². The second-order valence-corrected chi connectivity index (χ2v) is 8.04. The second kappa shape index (κ2) is 8.33. The van der Waals surface area contributed by atoms with Crippen LogP contribution in [-0.4, -0.2) is 15.0 Å². The molecule has 1 aliphatic heterocycles. The lowest BCUT2D eigenvalue weighted by Gasteiger charge is -2.28. The summed E-state index contributed by atoms with van der Waals surface area (Å²) in [5.41, 5.74) is 3.85. The first-order chi connectivity index (χ1) is 14.1. The molecule has 0 saturated carbocycles. The highest BCUT2D eigenvalue weighted by molar-refractivity contribution is 7.78. The van der Waals surface area contributed by atoms with E-state index in [4.69, 9.17) is 20.9 Å². The first-order valence-electron chi connectivity index (χ1n) is 8.96. The van der Waals surface area contributed by atoms with Gasteiger partial charge in [0.25, 0.3) is 0 Å². The van der Waals surface area contributed by atoms with Crippen LogP contribution in [0.2, 0.25) is 5.02 Å². The Kier molecular flexibility index (Phi) is 5.62. The highest BCUT2D eigenvalue weighted by Gasteiger charge is 2.31. The third kappa shape index (κ3) is 4.03. The summed E-state index contributed by atoms with van der Waals surface area (Å²) in [7, 11) is 0. The van der Waals surface area contributed by atoms with Gasteiger partial charge >= 0.3 is 0 Å². The van der Waals surface area contributed by atoms with Gasteiger partial charge in [0, 0.05) is 21.7 Å². The van der Waals surface area contributed by atoms with Gasteiger partial charge < -0.3 is 14.1 Å². The Bertz CT molecular complexity index is 1120. The second-order valence-electron chi connectivity index (χ2n) is 6.67. The SMILES string of the molecule is O=CC1C(c2cccc(Cl)c2)=C(c2ccc(CS(=O)O)cc2)Oc2ccccc21. The minimum absolute atomic E-state index is 0.0567. The van der Waals surface area contributed by atoms with Gasteiger partial charge in [-0.3, -0.25) is 0 Å². The first kappa shape index (κ1) is 19.6. The minimum Gasteiger partial charge on any atom is -0.456 e. The van der Waals surface area contributed by atoms with Crippen LogP contribution in [0.5, 0.6) is 5.75 Å². The van der Waals surface area contributed by atoms with Crippen molar-refractivity contribution in [2.45, 2.75) is 11.7 Å². The maximum Gasteiger partial charge on any atom is 0.157 e. The molecule has 0 bridgehead atoms. The van der Waals surface area contributed by atoms with E-state index in [1.807, 2.05) is 54.6 Å². The fourth-order valence-corrected chi connectivity index (χ4v) is 4.18. The van der Waals surface area contributed by atoms with Crippen LogP contribution in [0.1, 0.15) is 28.2 Å². The number of halogens is 1. The zero-order chi connectivity index (χ0) is 20.4. The summed E-state index contributed by atoms with van der Waals surface area (Å²) in [6.07, 6.45) is 0.918. The van der Waals surface area contributed by atoms with E-state index in [1.54, 1.807) is 18.2 Å². The predicted molar refractivity (Wildman–Crippen MR) is 115 cm³/mol. The normalized spacial score (nSPS) is 16.7. The molecule has 3 aromatic carbocycles. The molecule has 0 radical (unpaired) electrons. The first-order valence-corrected chi connectivity index (χ1v) is 10.6. The smallest absolute Gasteiger partial charge is 0.157 e. The van der Waals surface area contributed by atoms with Gasteiger partial charge in [-0.2, -0.15) is 0 Å². The van der Waals surface area contributed by atoms with Crippen LogP contribution in [0.25, 0.3) is 11.3 Å². The van der Waals surface area contributed by atoms with Crippen molar-refractivity contribution >= 4 is 40.3 Å². The maximum atomic E-state index is 12.2. The monoisotopic (exact) mass is 424 g/mol. The van der Waals surface area contributed by atoms with Gasteiger partial charge in [0.2, 0.25) is 0 Å². The molecule has 0 amide bonds. The summed E-state index contributed by atoms with van der Waals surface area (Å²) in [5.74, 6) is 0.755. The lowest BCUT2D eigenvalue weighted by molar-refractivity contribution is -0.108. The van der Waals surface area contributed by atoms with Crippen LogP contribution < -0.4 is 4.74 Å². The molecule has 2 atom stereocenters. The Balaban J connectivity index is 1.90. The fraction of sp³-hybridized carbons (Fsp3) is 0.0870. The summed E-state index contributed by atoms with van der Waals surface area (Å²) in [4.78, 5) is 12.2. The Morgan fingerprint density at radius 3 is 2.45 bits per heavy atom. The molecule has 0 aliphatic carbocycles. The summed E-state index contributed by atoms with van der Waals surface area (Å²) < 4.78 is 26.4. The number of hydrogen-bond acceptors (Lipinski definition) is 3. The minimum atomic E-state index is -1.91. The van der Waals surface area contributed by atoms with E-state index in [0.29, 0.717) is 16.5 Å². The topological polar surface area (TPSA) is 63.6 Å². The number of carbonyl (C=O) groups excluding carboxylic acids is 1. The van der Waals surface area contributed by atoms with Crippen LogP contribution in [-0.2, 0) is 21.6 Å². The lowest BCUT2D eigenvalue weighted by atomic mass is 9.83. The molecule has 29 heavy (non-hydrogen) atoms. The molecule has 146 valence electrons. The average molecular weight is 425 g/mol. The van der Waals surface area contributed by atoms with E-state index in [9.17, 15) is 9.00 Å². The highest BCUT2D eigenvalue weighted by Crippen LogP contribution is 2.46. The maximum absolute atomic E-state index is 12.2. The molecular weight excluding hydrogens is 408 g/mol. The number of allylic oxidation sites excluding steroid dienone is 1. The lowest BCUT2D eigenvalue weighted by Crippen LogP contribution is -2.15. The largest absolute Gasteiger partial charge is 0.456 e. The number of aldehydes is 1.